The van der Waals surface area contributed by atoms with E-state index in [0.717, 1.165) is 61.2 Å². The number of aryl methyl sites for hydroxylation is 1. The van der Waals surface area contributed by atoms with Crippen molar-refractivity contribution in [2.24, 2.45) is 0 Å². The molecule has 0 atom stereocenters. The van der Waals surface area contributed by atoms with E-state index in [4.69, 9.17) is 4.98 Å². The maximum Gasteiger partial charge on any atom is 0.240 e. The number of fused-ring (bicyclic) bond motifs is 2. The number of amides is 1. The van der Waals surface area contributed by atoms with Gasteiger partial charge in [0, 0.05) is 23.5 Å². The summed E-state index contributed by atoms with van der Waals surface area (Å²) in [4.78, 5) is 24.5. The largest absolute Gasteiger partial charge is 0.324 e. The van der Waals surface area contributed by atoms with E-state index in [0.29, 0.717) is 5.95 Å². The van der Waals surface area contributed by atoms with Gasteiger partial charge in [0.05, 0.1) is 10.3 Å². The van der Waals surface area contributed by atoms with Gasteiger partial charge < -0.3 is 5.32 Å². The van der Waals surface area contributed by atoms with Crippen LogP contribution in [0.5, 0.6) is 0 Å². The molecule has 0 bridgehead atoms. The zero-order valence-corrected chi connectivity index (χ0v) is 17.9. The number of anilines is 3. The van der Waals surface area contributed by atoms with Gasteiger partial charge >= 0.3 is 0 Å². The van der Waals surface area contributed by atoms with Crippen molar-refractivity contribution < 1.29 is 13.2 Å². The second-order valence-corrected chi connectivity index (χ2v) is 10.3. The third-order valence-corrected chi connectivity index (χ3v) is 8.02. The molecule has 0 unspecified atom stereocenters. The molecule has 2 saturated carbocycles. The number of aromatic nitrogens is 2. The van der Waals surface area contributed by atoms with Gasteiger partial charge in [0.2, 0.25) is 21.9 Å². The van der Waals surface area contributed by atoms with Crippen molar-refractivity contribution in [1.29, 1.82) is 0 Å². The lowest BCUT2D eigenvalue weighted by atomic mass is 10.0. The average Bonchev–Trinajstić information content (AvgIpc) is 3.29. The molecular weight excluding hydrogens is 402 g/mol. The molecule has 30 heavy (non-hydrogen) atoms. The number of nitrogens with zero attached hydrogens (tertiary/aromatic N) is 3. The number of rotatable bonds is 5. The van der Waals surface area contributed by atoms with Gasteiger partial charge in [-0.2, -0.15) is 4.98 Å². The summed E-state index contributed by atoms with van der Waals surface area (Å²) in [5, 5.41) is 3.20. The van der Waals surface area contributed by atoms with E-state index in [1.54, 1.807) is 24.4 Å². The Labute approximate surface area is 176 Å². The Morgan fingerprint density at radius 2 is 1.93 bits per heavy atom. The van der Waals surface area contributed by atoms with Crippen molar-refractivity contribution in [3.05, 3.63) is 35.5 Å². The van der Waals surface area contributed by atoms with E-state index in [-0.39, 0.29) is 16.8 Å². The van der Waals surface area contributed by atoms with Crippen LogP contribution in [0.15, 0.2) is 29.3 Å². The van der Waals surface area contributed by atoms with E-state index in [1.165, 1.54) is 7.05 Å². The molecule has 5 rings (SSSR count). The first-order valence-electron chi connectivity index (χ1n) is 10.4. The minimum Gasteiger partial charge on any atom is -0.324 e. The first-order valence-corrected chi connectivity index (χ1v) is 11.9. The fraction of sp³-hybridized carbons (Fsp3) is 0.476. The van der Waals surface area contributed by atoms with Crippen LogP contribution in [-0.2, 0) is 20.2 Å². The molecule has 1 spiro atoms. The van der Waals surface area contributed by atoms with Crippen molar-refractivity contribution in [3.8, 4) is 0 Å². The molecule has 0 radical (unpaired) electrons. The first kappa shape index (κ1) is 19.4. The van der Waals surface area contributed by atoms with E-state index in [2.05, 4.69) is 15.0 Å². The molecule has 2 aliphatic carbocycles. The van der Waals surface area contributed by atoms with Crippen LogP contribution in [0.3, 0.4) is 0 Å². The Morgan fingerprint density at radius 1 is 1.20 bits per heavy atom. The summed E-state index contributed by atoms with van der Waals surface area (Å²) in [6.45, 7) is 1.83. The predicted molar refractivity (Wildman–Crippen MR) is 113 cm³/mol. The van der Waals surface area contributed by atoms with Gasteiger partial charge in [0.25, 0.3) is 0 Å². The minimum atomic E-state index is -3.50. The maximum absolute atomic E-state index is 13.2. The Balaban J connectivity index is 1.47. The lowest BCUT2D eigenvalue weighted by Gasteiger charge is -2.24. The van der Waals surface area contributed by atoms with E-state index >= 15 is 0 Å². The molecule has 9 heteroatoms. The van der Waals surface area contributed by atoms with Gasteiger partial charge in [-0.05, 0) is 63.4 Å². The second kappa shape index (κ2) is 6.75. The van der Waals surface area contributed by atoms with Crippen LogP contribution in [0.25, 0.3) is 0 Å². The summed E-state index contributed by atoms with van der Waals surface area (Å²) in [7, 11) is -2.11. The fourth-order valence-corrected chi connectivity index (χ4v) is 5.50. The normalized spacial score (nSPS) is 20.1. The summed E-state index contributed by atoms with van der Waals surface area (Å²) < 4.78 is 26.4. The monoisotopic (exact) mass is 427 g/mol. The average molecular weight is 428 g/mol. The van der Waals surface area contributed by atoms with Crippen LogP contribution in [0.1, 0.15) is 49.7 Å². The first-order chi connectivity index (χ1) is 14.4. The predicted octanol–water partition coefficient (Wildman–Crippen LogP) is 2.76. The van der Waals surface area contributed by atoms with Crippen LogP contribution in [-0.4, -0.2) is 37.4 Å². The number of nitrogens with one attached hydrogen (secondary N) is 2. The number of carbonyl (C=O) groups is 1. The van der Waals surface area contributed by atoms with Gasteiger partial charge in [-0.3, -0.25) is 9.69 Å². The Morgan fingerprint density at radius 3 is 2.57 bits per heavy atom. The van der Waals surface area contributed by atoms with Crippen molar-refractivity contribution >= 4 is 33.4 Å². The molecule has 1 aromatic carbocycles. The van der Waals surface area contributed by atoms with Gasteiger partial charge in [0.15, 0.2) is 0 Å². The van der Waals surface area contributed by atoms with Crippen LogP contribution in [0.2, 0.25) is 0 Å². The lowest BCUT2D eigenvalue weighted by Crippen LogP contribution is -2.39. The highest BCUT2D eigenvalue weighted by molar-refractivity contribution is 7.89. The molecule has 2 heterocycles. The standard InChI is InChI=1S/C21H25N5O3S/c1-13-11-15(30(28,29)22-2)7-8-17(13)24-20-23-12-16-18(25-20)26(14-5-3-4-6-14)19(27)21(16)9-10-21/h7-8,11-12,14,22H,3-6,9-10H2,1-2H3,(H,23,24,25). The fourth-order valence-electron chi connectivity index (χ4n) is 4.69. The SMILES string of the molecule is CNS(=O)(=O)c1ccc(Nc2ncc3c(n2)N(C2CCCC2)C(=O)C32CC2)c(C)c1. The molecule has 0 saturated heterocycles. The summed E-state index contributed by atoms with van der Waals surface area (Å²) in [6.07, 6.45) is 7.88. The quantitative estimate of drug-likeness (QED) is 0.760. The summed E-state index contributed by atoms with van der Waals surface area (Å²) >= 11 is 0. The molecule has 8 nitrogen and oxygen atoms in total. The molecule has 2 N–H and O–H groups in total. The van der Waals surface area contributed by atoms with Crippen LogP contribution < -0.4 is 14.9 Å². The zero-order valence-electron chi connectivity index (χ0n) is 17.1. The topological polar surface area (TPSA) is 104 Å². The van der Waals surface area contributed by atoms with Gasteiger partial charge in [0.1, 0.15) is 5.82 Å². The molecule has 1 aliphatic heterocycles. The highest BCUT2D eigenvalue weighted by Gasteiger charge is 2.61. The molecule has 1 amide bonds. The second-order valence-electron chi connectivity index (χ2n) is 8.44. The summed E-state index contributed by atoms with van der Waals surface area (Å²) in [5.74, 6) is 1.34. The van der Waals surface area contributed by atoms with Crippen molar-refractivity contribution in [1.82, 2.24) is 14.7 Å². The third kappa shape index (κ3) is 2.91. The van der Waals surface area contributed by atoms with Crippen LogP contribution >= 0.6 is 0 Å². The lowest BCUT2D eigenvalue weighted by molar-refractivity contribution is -0.120. The Hall–Kier alpha value is -2.52. The molecule has 3 aliphatic rings. The van der Waals surface area contributed by atoms with Gasteiger partial charge in [-0.25, -0.2) is 18.1 Å². The van der Waals surface area contributed by atoms with Crippen molar-refractivity contribution in [3.63, 3.8) is 0 Å². The number of sulfonamides is 1. The smallest absolute Gasteiger partial charge is 0.240 e. The highest BCUT2D eigenvalue weighted by atomic mass is 32.2. The van der Waals surface area contributed by atoms with Gasteiger partial charge in [-0.15, -0.1) is 0 Å². The molecular formula is C21H25N5O3S. The maximum atomic E-state index is 13.2. The number of benzene rings is 1. The van der Waals surface area contributed by atoms with Crippen LogP contribution in [0, 0.1) is 6.92 Å². The van der Waals surface area contributed by atoms with E-state index in [9.17, 15) is 13.2 Å². The molecule has 1 aromatic heterocycles. The molecule has 2 fully saturated rings. The molecule has 158 valence electrons. The van der Waals surface area contributed by atoms with Crippen molar-refractivity contribution in [2.75, 3.05) is 17.3 Å². The minimum absolute atomic E-state index is 0.189. The highest BCUT2D eigenvalue weighted by Crippen LogP contribution is 2.57. The van der Waals surface area contributed by atoms with Gasteiger partial charge in [-0.1, -0.05) is 12.8 Å². The van der Waals surface area contributed by atoms with E-state index < -0.39 is 15.4 Å². The third-order valence-electron chi connectivity index (χ3n) is 6.60. The van der Waals surface area contributed by atoms with Crippen LogP contribution in [0.4, 0.5) is 17.5 Å². The number of hydrogen-bond acceptors (Lipinski definition) is 6. The van der Waals surface area contributed by atoms with E-state index in [1.807, 2.05) is 11.8 Å². The molecule has 2 aromatic rings. The number of carbonyl (C=O) groups excluding carboxylic acids is 1. The zero-order chi connectivity index (χ0) is 21.1. The number of hydrogen-bond donors (Lipinski definition) is 2. The van der Waals surface area contributed by atoms with Crippen molar-refractivity contribution in [2.45, 2.75) is 61.8 Å². The Bertz CT molecular complexity index is 1140. The Kier molecular flexibility index (Phi) is 4.37. The summed E-state index contributed by atoms with van der Waals surface area (Å²) in [5.41, 5.74) is 2.05. The summed E-state index contributed by atoms with van der Waals surface area (Å²) in [6, 6.07) is 5.09.